The number of carbonyl (C=O) groups excluding carboxylic acids is 3. The molecule has 0 fully saturated rings. The maximum atomic E-state index is 12.3. The molecule has 6 N–H and O–H groups in total. The number of benzene rings is 1. The molecule has 3 aromatic rings. The Morgan fingerprint density at radius 2 is 1.84 bits per heavy atom. The number of hydrogen-bond acceptors (Lipinski definition) is 11. The van der Waals surface area contributed by atoms with Gasteiger partial charge in [-0.1, -0.05) is 0 Å². The van der Waals surface area contributed by atoms with Gasteiger partial charge in [0.25, 0.3) is 5.91 Å². The van der Waals surface area contributed by atoms with E-state index >= 15 is 0 Å². The summed E-state index contributed by atoms with van der Waals surface area (Å²) in [5.41, 5.74) is 13.1. The molecular weight excluding hydrogens is 416 g/mol. The van der Waals surface area contributed by atoms with Gasteiger partial charge in [0.1, 0.15) is 12.6 Å². The Morgan fingerprint density at radius 1 is 1.16 bits per heavy atom. The maximum Gasteiger partial charge on any atom is 0.251 e. The number of nitrogens with two attached hydrogens (primary N) is 2. The lowest BCUT2D eigenvalue weighted by atomic mass is 10.1. The number of aldehydes is 2. The summed E-state index contributed by atoms with van der Waals surface area (Å²) in [4.78, 5) is 52.1. The zero-order chi connectivity index (χ0) is 23.7. The van der Waals surface area contributed by atoms with Crippen LogP contribution in [0, 0.1) is 0 Å². The lowest BCUT2D eigenvalue weighted by Gasteiger charge is -2.19. The predicted molar refractivity (Wildman–Crippen MR) is 119 cm³/mol. The molecule has 1 unspecified atom stereocenters. The van der Waals surface area contributed by atoms with E-state index < -0.39 is 11.9 Å². The fourth-order valence-electron chi connectivity index (χ4n) is 2.74. The van der Waals surface area contributed by atoms with Crippen molar-refractivity contribution in [2.24, 2.45) is 0 Å². The summed E-state index contributed by atoms with van der Waals surface area (Å²) in [5, 5.41) is 9.59. The normalized spacial score (nSPS) is 11.1. The zero-order valence-electron chi connectivity index (χ0n) is 17.6. The molecular formula is C20H24N8O4. The second-order valence-electron chi connectivity index (χ2n) is 6.43. The summed E-state index contributed by atoms with van der Waals surface area (Å²) in [6.45, 7) is 0. The highest BCUT2D eigenvalue weighted by molar-refractivity contribution is 5.96. The zero-order valence-corrected chi connectivity index (χ0v) is 17.6. The largest absolute Gasteiger partial charge is 0.400 e. The van der Waals surface area contributed by atoms with Crippen LogP contribution in [-0.2, 0) is 9.59 Å². The SMILES string of the molecule is CN(c1ccc(C(=O)NC(C=O)CCC=O)cc1)c1cnc2c(N)nc(N)nc2n1.CO. The Hall–Kier alpha value is -4.19. The highest BCUT2D eigenvalue weighted by Gasteiger charge is 2.14. The summed E-state index contributed by atoms with van der Waals surface area (Å²) in [6, 6.07) is 5.99. The van der Waals surface area contributed by atoms with Gasteiger partial charge in [-0.05, 0) is 30.7 Å². The van der Waals surface area contributed by atoms with Gasteiger partial charge in [-0.3, -0.25) is 4.79 Å². The molecule has 0 aliphatic heterocycles. The van der Waals surface area contributed by atoms with Crippen molar-refractivity contribution in [2.75, 3.05) is 30.5 Å². The number of carbonyl (C=O) groups is 3. The van der Waals surface area contributed by atoms with Crippen LogP contribution in [0.4, 0.5) is 23.3 Å². The molecule has 0 saturated carbocycles. The van der Waals surface area contributed by atoms with Crippen molar-refractivity contribution in [3.05, 3.63) is 36.0 Å². The first kappa shape index (κ1) is 24.1. The number of nitrogens with one attached hydrogen (secondary N) is 1. The van der Waals surface area contributed by atoms with Crippen molar-refractivity contribution < 1.29 is 19.5 Å². The first-order valence-corrected chi connectivity index (χ1v) is 9.47. The van der Waals surface area contributed by atoms with Gasteiger partial charge < -0.3 is 36.4 Å². The quantitative estimate of drug-likeness (QED) is 0.351. The van der Waals surface area contributed by atoms with E-state index in [2.05, 4.69) is 25.3 Å². The highest BCUT2D eigenvalue weighted by Crippen LogP contribution is 2.24. The van der Waals surface area contributed by atoms with Crippen LogP contribution in [0.1, 0.15) is 23.2 Å². The Kier molecular flexibility index (Phi) is 8.48. The summed E-state index contributed by atoms with van der Waals surface area (Å²) < 4.78 is 0. The summed E-state index contributed by atoms with van der Waals surface area (Å²) in [5.74, 6) is 0.245. The van der Waals surface area contributed by atoms with Gasteiger partial charge in [0.2, 0.25) is 5.95 Å². The number of fused-ring (bicyclic) bond motifs is 1. The average Bonchev–Trinajstić information content (AvgIpc) is 2.82. The van der Waals surface area contributed by atoms with Gasteiger partial charge >= 0.3 is 0 Å². The Bertz CT molecular complexity index is 1090. The third-order valence-electron chi connectivity index (χ3n) is 4.38. The van der Waals surface area contributed by atoms with Gasteiger partial charge in [0.15, 0.2) is 22.8 Å². The number of hydrogen-bond donors (Lipinski definition) is 4. The average molecular weight is 440 g/mol. The van der Waals surface area contributed by atoms with Crippen molar-refractivity contribution in [1.82, 2.24) is 25.3 Å². The molecule has 1 aromatic carbocycles. The summed E-state index contributed by atoms with van der Waals surface area (Å²) >= 11 is 0. The second kappa shape index (κ2) is 11.3. The molecule has 168 valence electrons. The van der Waals surface area contributed by atoms with Gasteiger partial charge in [0, 0.05) is 31.8 Å². The van der Waals surface area contributed by atoms with Gasteiger partial charge in [-0.25, -0.2) is 9.97 Å². The molecule has 0 aliphatic rings. The van der Waals surface area contributed by atoms with E-state index in [9.17, 15) is 14.4 Å². The molecule has 32 heavy (non-hydrogen) atoms. The van der Waals surface area contributed by atoms with Crippen molar-refractivity contribution in [3.8, 4) is 0 Å². The number of amides is 1. The molecule has 3 rings (SSSR count). The number of nitrogens with zero attached hydrogens (tertiary/aromatic N) is 5. The van der Waals surface area contributed by atoms with Crippen LogP contribution >= 0.6 is 0 Å². The molecule has 12 heteroatoms. The molecule has 0 bridgehead atoms. The van der Waals surface area contributed by atoms with Gasteiger partial charge in [-0.2, -0.15) is 9.97 Å². The minimum absolute atomic E-state index is 0.00578. The maximum absolute atomic E-state index is 12.3. The summed E-state index contributed by atoms with van der Waals surface area (Å²) in [7, 11) is 2.78. The number of nitrogen functional groups attached to an aromatic ring is 2. The van der Waals surface area contributed by atoms with Crippen molar-refractivity contribution >= 4 is 52.9 Å². The molecule has 12 nitrogen and oxygen atoms in total. The topological polar surface area (TPSA) is 190 Å². The van der Waals surface area contributed by atoms with E-state index in [-0.39, 0.29) is 30.3 Å². The van der Waals surface area contributed by atoms with Crippen LogP contribution in [0.15, 0.2) is 30.5 Å². The smallest absolute Gasteiger partial charge is 0.251 e. The minimum atomic E-state index is -0.709. The third kappa shape index (κ3) is 5.70. The predicted octanol–water partition coefficient (Wildman–Crippen LogP) is 0.237. The first-order chi connectivity index (χ1) is 15.4. The van der Waals surface area contributed by atoms with E-state index in [1.807, 2.05) is 0 Å². The van der Waals surface area contributed by atoms with E-state index in [4.69, 9.17) is 16.6 Å². The van der Waals surface area contributed by atoms with Crippen LogP contribution in [0.2, 0.25) is 0 Å². The summed E-state index contributed by atoms with van der Waals surface area (Å²) in [6.07, 6.45) is 3.31. The second-order valence-corrected chi connectivity index (χ2v) is 6.43. The third-order valence-corrected chi connectivity index (χ3v) is 4.38. The highest BCUT2D eigenvalue weighted by atomic mass is 16.2. The van der Waals surface area contributed by atoms with Gasteiger partial charge in [-0.15, -0.1) is 0 Å². The lowest BCUT2D eigenvalue weighted by Crippen LogP contribution is -2.36. The van der Waals surface area contributed by atoms with E-state index in [1.54, 1.807) is 36.2 Å². The molecule has 2 heterocycles. The molecule has 1 atom stereocenters. The molecule has 2 aromatic heterocycles. The first-order valence-electron chi connectivity index (χ1n) is 9.47. The lowest BCUT2D eigenvalue weighted by molar-refractivity contribution is -0.110. The van der Waals surface area contributed by atoms with Crippen LogP contribution in [0.3, 0.4) is 0 Å². The van der Waals surface area contributed by atoms with E-state index in [0.717, 1.165) is 12.8 Å². The Balaban J connectivity index is 0.00000176. The molecule has 0 spiro atoms. The van der Waals surface area contributed by atoms with Crippen molar-refractivity contribution in [1.29, 1.82) is 0 Å². The van der Waals surface area contributed by atoms with Crippen molar-refractivity contribution in [2.45, 2.75) is 18.9 Å². The van der Waals surface area contributed by atoms with Crippen LogP contribution in [0.5, 0.6) is 0 Å². The van der Waals surface area contributed by atoms with Crippen LogP contribution in [0.25, 0.3) is 11.2 Å². The monoisotopic (exact) mass is 440 g/mol. The number of aromatic nitrogens is 4. The number of rotatable bonds is 8. The number of aliphatic hydroxyl groups excluding tert-OH is 1. The molecule has 1 amide bonds. The molecule has 0 radical (unpaired) electrons. The standard InChI is InChI=1S/C19H20N8O3.CH4O/c1-27(14-9-22-15-16(20)25-19(21)26-17(15)24-14)13-6-4-11(5-7-13)18(30)23-12(10-29)3-2-8-28;1-2/h4-10,12H,2-3H2,1H3,(H,23,30)(H4,20,21,24,25,26);2H,1H3. The minimum Gasteiger partial charge on any atom is -0.400 e. The van der Waals surface area contributed by atoms with E-state index in [1.165, 1.54) is 6.20 Å². The molecule has 0 aliphatic carbocycles. The van der Waals surface area contributed by atoms with Crippen LogP contribution in [-0.4, -0.2) is 63.7 Å². The van der Waals surface area contributed by atoms with E-state index in [0.29, 0.717) is 29.5 Å². The number of anilines is 4. The van der Waals surface area contributed by atoms with Crippen molar-refractivity contribution in [3.63, 3.8) is 0 Å². The Morgan fingerprint density at radius 3 is 2.47 bits per heavy atom. The molecule has 0 saturated heterocycles. The van der Waals surface area contributed by atoms with Crippen LogP contribution < -0.4 is 21.7 Å². The Labute approximate surface area is 183 Å². The fraction of sp³-hybridized carbons (Fsp3) is 0.250. The fourth-order valence-corrected chi connectivity index (χ4v) is 2.74. The van der Waals surface area contributed by atoms with Gasteiger partial charge in [0.05, 0.1) is 12.2 Å². The number of aliphatic hydroxyl groups is 1.